The van der Waals surface area contributed by atoms with Gasteiger partial charge >= 0.3 is 14.2 Å². The Kier molecular flexibility index (Phi) is 6.78. The predicted octanol–water partition coefficient (Wildman–Crippen LogP) is -0.615. The summed E-state index contributed by atoms with van der Waals surface area (Å²) in [6.07, 6.45) is 8.05. The Hall–Kier alpha value is -3.29. The molecule has 0 saturated carbocycles. The molecule has 0 bridgehead atoms. The third-order valence-electron chi connectivity index (χ3n) is 5.31. The van der Waals surface area contributed by atoms with Gasteiger partial charge in [0, 0.05) is 34.9 Å². The van der Waals surface area contributed by atoms with E-state index in [2.05, 4.69) is 16.8 Å². The van der Waals surface area contributed by atoms with Crippen molar-refractivity contribution in [2.24, 2.45) is 0 Å². The van der Waals surface area contributed by atoms with Crippen LogP contribution in [0.2, 0.25) is 0 Å². The molecule has 0 saturated heterocycles. The Morgan fingerprint density at radius 1 is 0.562 bits per heavy atom. The molecule has 0 aliphatic rings. The van der Waals surface area contributed by atoms with Crippen LogP contribution >= 0.6 is 0 Å². The van der Waals surface area contributed by atoms with Crippen molar-refractivity contribution in [3.8, 4) is 11.1 Å². The van der Waals surface area contributed by atoms with Gasteiger partial charge in [0.25, 0.3) is 0 Å². The van der Waals surface area contributed by atoms with E-state index in [4.69, 9.17) is 0 Å². The van der Waals surface area contributed by atoms with Crippen molar-refractivity contribution in [2.75, 3.05) is 0 Å². The molecular weight excluding hydrogens is 402 g/mol. The zero-order valence-corrected chi connectivity index (χ0v) is 17.5. The first-order chi connectivity index (χ1) is 15.5. The zero-order valence-electron chi connectivity index (χ0n) is 17.5. The molecule has 8 heteroatoms. The second-order valence-electron chi connectivity index (χ2n) is 7.76. The maximum atomic E-state index is 9.38. The fourth-order valence-electron chi connectivity index (χ4n) is 3.67. The Morgan fingerprint density at radius 2 is 1.12 bits per heavy atom. The molecule has 158 valence electrons. The minimum Gasteiger partial charge on any atom is -0.423 e. The summed E-state index contributed by atoms with van der Waals surface area (Å²) in [6, 6.07) is 22.7. The normalized spacial score (nSPS) is 10.8. The molecule has 0 radical (unpaired) electrons. The quantitative estimate of drug-likeness (QED) is 0.235. The van der Waals surface area contributed by atoms with Crippen LogP contribution in [-0.2, 0) is 13.1 Å². The summed E-state index contributed by atoms with van der Waals surface area (Å²) in [6.45, 7) is 1.25. The van der Waals surface area contributed by atoms with Crippen molar-refractivity contribution in [1.29, 1.82) is 0 Å². The van der Waals surface area contributed by atoms with Crippen molar-refractivity contribution in [1.82, 2.24) is 0 Å². The van der Waals surface area contributed by atoms with E-state index in [0.29, 0.717) is 24.0 Å². The molecule has 2 aromatic carbocycles. The average molecular weight is 426 g/mol. The summed E-state index contributed by atoms with van der Waals surface area (Å²) in [5.74, 6) is 0. The molecule has 0 aliphatic carbocycles. The van der Waals surface area contributed by atoms with Crippen LogP contribution in [-0.4, -0.2) is 34.3 Å². The van der Waals surface area contributed by atoms with Crippen LogP contribution in [0.4, 0.5) is 0 Å². The van der Waals surface area contributed by atoms with E-state index in [1.165, 1.54) is 0 Å². The molecule has 0 fully saturated rings. The summed E-state index contributed by atoms with van der Waals surface area (Å²) in [4.78, 5) is 0. The molecule has 4 aromatic rings. The zero-order chi connectivity index (χ0) is 22.5. The molecule has 4 rings (SSSR count). The van der Waals surface area contributed by atoms with Gasteiger partial charge in [0.2, 0.25) is 0 Å². The Balaban J connectivity index is 1.49. The van der Waals surface area contributed by atoms with Crippen LogP contribution in [0.15, 0.2) is 97.6 Å². The molecule has 6 nitrogen and oxygen atoms in total. The van der Waals surface area contributed by atoms with Crippen LogP contribution in [0, 0.1) is 0 Å². The smallest absolute Gasteiger partial charge is 0.423 e. The third kappa shape index (κ3) is 5.49. The summed E-state index contributed by atoms with van der Waals surface area (Å²) in [5, 5.41) is 37.5. The first-order valence-corrected chi connectivity index (χ1v) is 10.4. The lowest BCUT2D eigenvalue weighted by atomic mass is 9.79. The van der Waals surface area contributed by atoms with Crippen LogP contribution in [0.5, 0.6) is 0 Å². The topological polar surface area (TPSA) is 88.7 Å². The standard InChI is InChI=1S/C24H24B2N2O4/c29-25(30)23-7-1-4-19(14-23)16-27-12-9-21(10-13-27)22-6-3-11-28(18-22)17-20-5-2-8-24(15-20)26(31)32/h1-15,18,29-32H,16-17H2/q+2. The fraction of sp³-hybridized carbons (Fsp3) is 0.0833. The first-order valence-electron chi connectivity index (χ1n) is 10.4. The molecule has 2 aromatic heterocycles. The highest BCUT2D eigenvalue weighted by atomic mass is 16.4. The van der Waals surface area contributed by atoms with Crippen molar-refractivity contribution < 1.29 is 29.2 Å². The number of benzene rings is 2. The number of pyridine rings is 2. The molecule has 32 heavy (non-hydrogen) atoms. The number of hydrogen-bond acceptors (Lipinski definition) is 4. The molecule has 0 unspecified atom stereocenters. The summed E-state index contributed by atoms with van der Waals surface area (Å²) in [7, 11) is -2.94. The summed E-state index contributed by atoms with van der Waals surface area (Å²) >= 11 is 0. The maximum absolute atomic E-state index is 9.38. The first kappa shape index (κ1) is 21.9. The van der Waals surface area contributed by atoms with Crippen LogP contribution in [0.25, 0.3) is 11.1 Å². The minimum atomic E-state index is -1.47. The van der Waals surface area contributed by atoms with Crippen LogP contribution < -0.4 is 20.1 Å². The molecule has 0 amide bonds. The van der Waals surface area contributed by atoms with E-state index in [9.17, 15) is 20.1 Å². The number of aromatic nitrogens is 2. The van der Waals surface area contributed by atoms with Gasteiger partial charge in [-0.05, 0) is 22.6 Å². The van der Waals surface area contributed by atoms with Gasteiger partial charge in [-0.25, -0.2) is 9.13 Å². The SMILES string of the molecule is OB(O)c1cccc(C[n+]2ccc(-c3ccc[n+](Cc4cccc(B(O)O)c4)c3)cc2)c1. The Bertz CT molecular complexity index is 1200. The minimum absolute atomic E-state index is 0.478. The monoisotopic (exact) mass is 426 g/mol. The molecule has 0 atom stereocenters. The van der Waals surface area contributed by atoms with Gasteiger partial charge in [0.05, 0.1) is 0 Å². The largest absolute Gasteiger partial charge is 0.488 e. The van der Waals surface area contributed by atoms with Gasteiger partial charge in [0.1, 0.15) is 0 Å². The molecular formula is C24H24B2N2O4+2. The number of hydrogen-bond donors (Lipinski definition) is 4. The lowest BCUT2D eigenvalue weighted by Crippen LogP contribution is -2.36. The molecule has 0 aliphatic heterocycles. The summed E-state index contributed by atoms with van der Waals surface area (Å²) in [5.41, 5.74) is 5.08. The van der Waals surface area contributed by atoms with E-state index in [-0.39, 0.29) is 0 Å². The van der Waals surface area contributed by atoms with Crippen molar-refractivity contribution in [3.63, 3.8) is 0 Å². The highest BCUT2D eigenvalue weighted by Crippen LogP contribution is 2.15. The Labute approximate surface area is 187 Å². The third-order valence-corrected chi connectivity index (χ3v) is 5.31. The van der Waals surface area contributed by atoms with Gasteiger partial charge < -0.3 is 20.1 Å². The highest BCUT2D eigenvalue weighted by Gasteiger charge is 2.14. The second kappa shape index (κ2) is 9.89. The highest BCUT2D eigenvalue weighted by molar-refractivity contribution is 6.58. The van der Waals surface area contributed by atoms with Gasteiger partial charge in [0.15, 0.2) is 37.9 Å². The van der Waals surface area contributed by atoms with Gasteiger partial charge in [-0.3, -0.25) is 0 Å². The van der Waals surface area contributed by atoms with E-state index in [1.807, 2.05) is 65.6 Å². The van der Waals surface area contributed by atoms with Gasteiger partial charge in [-0.15, -0.1) is 0 Å². The molecule has 0 spiro atoms. The average Bonchev–Trinajstić information content (AvgIpc) is 2.80. The maximum Gasteiger partial charge on any atom is 0.488 e. The molecule has 4 N–H and O–H groups in total. The number of rotatable bonds is 7. The van der Waals surface area contributed by atoms with E-state index >= 15 is 0 Å². The lowest BCUT2D eigenvalue weighted by Gasteiger charge is -2.05. The van der Waals surface area contributed by atoms with Crippen molar-refractivity contribution in [3.05, 3.63) is 109 Å². The predicted molar refractivity (Wildman–Crippen MR) is 123 cm³/mol. The Morgan fingerprint density at radius 3 is 1.69 bits per heavy atom. The van der Waals surface area contributed by atoms with Gasteiger partial charge in [-0.2, -0.15) is 0 Å². The van der Waals surface area contributed by atoms with Crippen LogP contribution in [0.3, 0.4) is 0 Å². The number of nitrogens with zero attached hydrogens (tertiary/aromatic N) is 2. The van der Waals surface area contributed by atoms with E-state index in [0.717, 1.165) is 22.3 Å². The van der Waals surface area contributed by atoms with Gasteiger partial charge in [-0.1, -0.05) is 48.5 Å². The van der Waals surface area contributed by atoms with Crippen molar-refractivity contribution in [2.45, 2.75) is 13.1 Å². The van der Waals surface area contributed by atoms with Crippen molar-refractivity contribution >= 4 is 25.2 Å². The van der Waals surface area contributed by atoms with Crippen LogP contribution in [0.1, 0.15) is 11.1 Å². The lowest BCUT2D eigenvalue weighted by molar-refractivity contribution is -0.688. The second-order valence-corrected chi connectivity index (χ2v) is 7.76. The fourth-order valence-corrected chi connectivity index (χ4v) is 3.67. The summed E-state index contributed by atoms with van der Waals surface area (Å²) < 4.78 is 4.10. The molecule has 2 heterocycles. The van der Waals surface area contributed by atoms with E-state index < -0.39 is 14.2 Å². The van der Waals surface area contributed by atoms with E-state index in [1.54, 1.807) is 24.3 Å².